The molecule has 0 spiro atoms. The minimum absolute atomic E-state index is 0.0249. The molecule has 2 heterocycles. The van der Waals surface area contributed by atoms with E-state index in [1.807, 2.05) is 6.92 Å². The molecule has 2 atom stereocenters. The number of aliphatic hydroxyl groups excluding tert-OH is 1. The molecule has 0 aliphatic carbocycles. The molecule has 0 saturated carbocycles. The number of sulfonamides is 1. The summed E-state index contributed by atoms with van der Waals surface area (Å²) in [6, 6.07) is 1.62. The minimum Gasteiger partial charge on any atom is -0.494 e. The summed E-state index contributed by atoms with van der Waals surface area (Å²) in [6.45, 7) is 2.31. The number of aliphatic hydroxyl groups is 1. The smallest absolute Gasteiger partial charge is 0.256 e. The van der Waals surface area contributed by atoms with Crippen molar-refractivity contribution in [2.24, 2.45) is 5.92 Å². The van der Waals surface area contributed by atoms with Crippen molar-refractivity contribution in [3.05, 3.63) is 11.4 Å². The maximum atomic E-state index is 12.7. The first kappa shape index (κ1) is 14.8. The molecule has 7 heteroatoms. The first-order chi connectivity index (χ1) is 9.00. The molecule has 0 amide bonds. The Kier molecular flexibility index (Phi) is 4.50. The van der Waals surface area contributed by atoms with Gasteiger partial charge in [-0.15, -0.1) is 11.3 Å². The van der Waals surface area contributed by atoms with Crippen LogP contribution in [0.5, 0.6) is 5.75 Å². The van der Waals surface area contributed by atoms with Gasteiger partial charge in [-0.05, 0) is 37.1 Å². The first-order valence-electron chi connectivity index (χ1n) is 6.25. The molecule has 19 heavy (non-hydrogen) atoms. The lowest BCUT2D eigenvalue weighted by molar-refractivity contribution is 0.139. The van der Waals surface area contributed by atoms with E-state index in [1.165, 1.54) is 22.8 Å². The number of hydrogen-bond donors (Lipinski definition) is 1. The molecule has 0 radical (unpaired) electrons. The Morgan fingerprint density at radius 2 is 2.26 bits per heavy atom. The van der Waals surface area contributed by atoms with Gasteiger partial charge in [0.05, 0.1) is 7.11 Å². The molecule has 1 aliphatic heterocycles. The molecule has 2 rings (SSSR count). The fourth-order valence-electron chi connectivity index (χ4n) is 2.36. The number of piperidine rings is 1. The van der Waals surface area contributed by atoms with E-state index in [9.17, 15) is 13.5 Å². The van der Waals surface area contributed by atoms with Crippen molar-refractivity contribution in [2.45, 2.75) is 30.0 Å². The van der Waals surface area contributed by atoms with Gasteiger partial charge in [-0.3, -0.25) is 0 Å². The number of ether oxygens (including phenoxy) is 1. The molecule has 1 fully saturated rings. The van der Waals surface area contributed by atoms with Crippen LogP contribution in [-0.4, -0.2) is 44.1 Å². The summed E-state index contributed by atoms with van der Waals surface area (Å²) >= 11 is 1.17. The molecule has 1 saturated heterocycles. The highest BCUT2D eigenvalue weighted by molar-refractivity contribution is 7.91. The quantitative estimate of drug-likeness (QED) is 0.916. The normalized spacial score (nSPS) is 25.4. The average Bonchev–Trinajstić information content (AvgIpc) is 2.88. The van der Waals surface area contributed by atoms with Gasteiger partial charge >= 0.3 is 0 Å². The van der Waals surface area contributed by atoms with Crippen molar-refractivity contribution >= 4 is 21.4 Å². The summed E-state index contributed by atoms with van der Waals surface area (Å²) < 4.78 is 32.2. The molecule has 108 valence electrons. The lowest BCUT2D eigenvalue weighted by atomic mass is 9.96. The van der Waals surface area contributed by atoms with Crippen LogP contribution in [0.25, 0.3) is 0 Å². The third-order valence-corrected chi connectivity index (χ3v) is 6.94. The zero-order valence-corrected chi connectivity index (χ0v) is 12.7. The van der Waals surface area contributed by atoms with Crippen LogP contribution in [0, 0.1) is 5.92 Å². The Morgan fingerprint density at radius 3 is 2.89 bits per heavy atom. The zero-order chi connectivity index (χ0) is 14.0. The molecular weight excluding hydrogens is 286 g/mol. The van der Waals surface area contributed by atoms with Crippen molar-refractivity contribution in [3.8, 4) is 5.75 Å². The summed E-state index contributed by atoms with van der Waals surface area (Å²) in [5.41, 5.74) is 0. The van der Waals surface area contributed by atoms with Crippen LogP contribution in [-0.2, 0) is 10.0 Å². The van der Waals surface area contributed by atoms with Crippen molar-refractivity contribution < 1.29 is 18.3 Å². The maximum Gasteiger partial charge on any atom is 0.256 e. The van der Waals surface area contributed by atoms with E-state index in [4.69, 9.17) is 4.74 Å². The predicted octanol–water partition coefficient (Wildman–Crippen LogP) is 1.54. The third kappa shape index (κ3) is 2.79. The predicted molar refractivity (Wildman–Crippen MR) is 74.0 cm³/mol. The molecule has 1 aliphatic rings. The summed E-state index contributed by atoms with van der Waals surface area (Å²) in [5, 5.41) is 11.0. The Labute approximate surface area is 117 Å². The van der Waals surface area contributed by atoms with Crippen LogP contribution in [0.15, 0.2) is 15.7 Å². The molecule has 1 N–H and O–H groups in total. The monoisotopic (exact) mass is 305 g/mol. The van der Waals surface area contributed by atoms with Gasteiger partial charge < -0.3 is 9.84 Å². The number of methoxy groups -OCH3 is 1. The van der Waals surface area contributed by atoms with Gasteiger partial charge in [0.25, 0.3) is 10.0 Å². The van der Waals surface area contributed by atoms with Gasteiger partial charge in [-0.1, -0.05) is 0 Å². The molecule has 0 unspecified atom stereocenters. The van der Waals surface area contributed by atoms with Crippen molar-refractivity contribution in [3.63, 3.8) is 0 Å². The largest absolute Gasteiger partial charge is 0.494 e. The second-order valence-corrected chi connectivity index (χ2v) is 7.83. The lowest BCUT2D eigenvalue weighted by Crippen LogP contribution is -2.46. The van der Waals surface area contributed by atoms with E-state index in [0.717, 1.165) is 12.8 Å². The van der Waals surface area contributed by atoms with Crippen LogP contribution >= 0.6 is 11.3 Å². The van der Waals surface area contributed by atoms with E-state index in [0.29, 0.717) is 12.3 Å². The highest BCUT2D eigenvalue weighted by Gasteiger charge is 2.36. The number of nitrogens with zero attached hydrogens (tertiary/aromatic N) is 1. The topological polar surface area (TPSA) is 66.8 Å². The molecule has 5 nitrogen and oxygen atoms in total. The van der Waals surface area contributed by atoms with E-state index in [2.05, 4.69) is 0 Å². The van der Waals surface area contributed by atoms with Crippen molar-refractivity contribution in [2.75, 3.05) is 20.3 Å². The number of thiophene rings is 1. The summed E-state index contributed by atoms with van der Waals surface area (Å²) in [7, 11) is -2.07. The van der Waals surface area contributed by atoms with Crippen LogP contribution in [0.4, 0.5) is 0 Å². The van der Waals surface area contributed by atoms with Crippen LogP contribution in [0.3, 0.4) is 0 Å². The molecule has 0 bridgehead atoms. The van der Waals surface area contributed by atoms with E-state index >= 15 is 0 Å². The summed E-state index contributed by atoms with van der Waals surface area (Å²) in [5.74, 6) is 0.417. The zero-order valence-electron chi connectivity index (χ0n) is 11.1. The minimum atomic E-state index is -3.54. The highest BCUT2D eigenvalue weighted by atomic mass is 32.2. The van der Waals surface area contributed by atoms with Gasteiger partial charge in [-0.25, -0.2) is 8.42 Å². The van der Waals surface area contributed by atoms with E-state index < -0.39 is 10.0 Å². The van der Waals surface area contributed by atoms with Crippen LogP contribution < -0.4 is 4.74 Å². The van der Waals surface area contributed by atoms with Crippen molar-refractivity contribution in [1.29, 1.82) is 0 Å². The molecule has 0 aromatic carbocycles. The van der Waals surface area contributed by atoms with Gasteiger partial charge in [0.2, 0.25) is 0 Å². The fraction of sp³-hybridized carbons (Fsp3) is 0.667. The van der Waals surface area contributed by atoms with E-state index in [-0.39, 0.29) is 22.8 Å². The highest BCUT2D eigenvalue weighted by Crippen LogP contribution is 2.35. The Morgan fingerprint density at radius 1 is 1.53 bits per heavy atom. The first-order valence-corrected chi connectivity index (χ1v) is 8.56. The maximum absolute atomic E-state index is 12.7. The third-order valence-electron chi connectivity index (χ3n) is 3.54. The van der Waals surface area contributed by atoms with Gasteiger partial charge in [-0.2, -0.15) is 4.31 Å². The Hall–Kier alpha value is -0.630. The Balaban J connectivity index is 2.32. The molecule has 1 aromatic rings. The SMILES string of the molecule is COc1ccsc1S(=O)(=O)N1C[C@@H](CO)CC[C@@H]1C. The second kappa shape index (κ2) is 5.78. The van der Waals surface area contributed by atoms with E-state index in [1.54, 1.807) is 11.4 Å². The lowest BCUT2D eigenvalue weighted by Gasteiger charge is -2.36. The fourth-order valence-corrected chi connectivity index (χ4v) is 5.49. The van der Waals surface area contributed by atoms with Gasteiger partial charge in [0.1, 0.15) is 5.75 Å². The molecular formula is C12H19NO4S2. The van der Waals surface area contributed by atoms with Crippen molar-refractivity contribution in [1.82, 2.24) is 4.31 Å². The van der Waals surface area contributed by atoms with Gasteiger partial charge in [0, 0.05) is 19.2 Å². The van der Waals surface area contributed by atoms with Gasteiger partial charge in [0.15, 0.2) is 4.21 Å². The number of rotatable bonds is 4. The molecule has 1 aromatic heterocycles. The number of hydrogen-bond acceptors (Lipinski definition) is 5. The second-order valence-electron chi connectivity index (χ2n) is 4.83. The standard InChI is InChI=1S/C12H19NO4S2/c1-9-3-4-10(8-14)7-13(9)19(15,16)12-11(17-2)5-6-18-12/h5-6,9-10,14H,3-4,7-8H2,1-2H3/t9-,10-/m0/s1. The summed E-state index contributed by atoms with van der Waals surface area (Å²) in [4.78, 5) is 0. The Bertz CT molecular complexity index is 526. The van der Waals surface area contributed by atoms with Crippen LogP contribution in [0.2, 0.25) is 0 Å². The summed E-state index contributed by atoms with van der Waals surface area (Å²) in [6.07, 6.45) is 1.64. The van der Waals surface area contributed by atoms with Crippen LogP contribution in [0.1, 0.15) is 19.8 Å². The average molecular weight is 305 g/mol.